The van der Waals surface area contributed by atoms with Crippen LogP contribution in [0.15, 0.2) is 34.3 Å². The molecule has 0 amide bonds. The van der Waals surface area contributed by atoms with Gasteiger partial charge in [0.1, 0.15) is 0 Å². The van der Waals surface area contributed by atoms with Crippen LogP contribution in [0.2, 0.25) is 0 Å². The molecule has 0 spiro atoms. The molecule has 5 nitrogen and oxygen atoms in total. The third-order valence-corrected chi connectivity index (χ3v) is 3.24. The molecule has 0 unspecified atom stereocenters. The molecule has 86 valence electrons. The average Bonchev–Trinajstić information content (AvgIpc) is 2.64. The number of hydrogen-bond acceptors (Lipinski definition) is 4. The van der Waals surface area contributed by atoms with E-state index in [1.165, 1.54) is 12.1 Å². The Morgan fingerprint density at radius 2 is 2.19 bits per heavy atom. The number of nitrogens with zero attached hydrogens (tertiary/aromatic N) is 2. The Hall–Kier alpha value is -1.40. The van der Waals surface area contributed by atoms with Gasteiger partial charge in [0.2, 0.25) is 0 Å². The molecule has 1 aliphatic heterocycles. The summed E-state index contributed by atoms with van der Waals surface area (Å²) in [5.74, 6) is 0. The predicted octanol–water partition coefficient (Wildman–Crippen LogP) is 1.52. The molecule has 1 aromatic rings. The lowest BCUT2D eigenvalue weighted by Crippen LogP contribution is -2.12. The summed E-state index contributed by atoms with van der Waals surface area (Å²) in [6, 6.07) is 6.11. The SMILES string of the molecule is CC1=NN(c2cccc(S(=O)(=O)O)c2)CC1. The highest BCUT2D eigenvalue weighted by Crippen LogP contribution is 2.22. The van der Waals surface area contributed by atoms with Crippen LogP contribution < -0.4 is 5.01 Å². The van der Waals surface area contributed by atoms with E-state index >= 15 is 0 Å². The Bertz CT molecular complexity index is 537. The van der Waals surface area contributed by atoms with E-state index in [0.29, 0.717) is 5.69 Å². The maximum atomic E-state index is 11.0. The standard InChI is InChI=1S/C10H12N2O3S/c1-8-5-6-12(11-8)9-3-2-4-10(7-9)16(13,14)15/h2-4,7H,5-6H2,1H3,(H,13,14,15). The van der Waals surface area contributed by atoms with E-state index in [2.05, 4.69) is 5.10 Å². The molecule has 1 heterocycles. The van der Waals surface area contributed by atoms with Gasteiger partial charge in [-0.25, -0.2) is 0 Å². The third kappa shape index (κ3) is 2.23. The molecule has 0 saturated carbocycles. The van der Waals surface area contributed by atoms with Gasteiger partial charge in [-0.3, -0.25) is 9.56 Å². The smallest absolute Gasteiger partial charge is 0.282 e. The Labute approximate surface area is 94.1 Å². The molecule has 6 heteroatoms. The van der Waals surface area contributed by atoms with Gasteiger partial charge in [0.05, 0.1) is 10.6 Å². The molecule has 0 atom stereocenters. The van der Waals surface area contributed by atoms with Gasteiger partial charge in [0.15, 0.2) is 0 Å². The van der Waals surface area contributed by atoms with Crippen molar-refractivity contribution in [2.24, 2.45) is 5.10 Å². The zero-order valence-corrected chi connectivity index (χ0v) is 9.61. The van der Waals surface area contributed by atoms with Crippen molar-refractivity contribution in [3.05, 3.63) is 24.3 Å². The van der Waals surface area contributed by atoms with Crippen LogP contribution in [0.1, 0.15) is 13.3 Å². The maximum Gasteiger partial charge on any atom is 0.294 e. The zero-order valence-electron chi connectivity index (χ0n) is 8.79. The van der Waals surface area contributed by atoms with Gasteiger partial charge in [-0.05, 0) is 25.1 Å². The average molecular weight is 240 g/mol. The highest BCUT2D eigenvalue weighted by molar-refractivity contribution is 7.85. The highest BCUT2D eigenvalue weighted by Gasteiger charge is 2.15. The molecule has 2 rings (SSSR count). The Kier molecular flexibility index (Phi) is 2.69. The Morgan fingerprint density at radius 1 is 1.44 bits per heavy atom. The summed E-state index contributed by atoms with van der Waals surface area (Å²) in [5.41, 5.74) is 1.68. The number of benzene rings is 1. The number of rotatable bonds is 2. The van der Waals surface area contributed by atoms with E-state index < -0.39 is 10.1 Å². The van der Waals surface area contributed by atoms with Crippen LogP contribution in [0.3, 0.4) is 0 Å². The summed E-state index contributed by atoms with van der Waals surface area (Å²) >= 11 is 0. The lowest BCUT2D eigenvalue weighted by molar-refractivity contribution is 0.483. The van der Waals surface area contributed by atoms with Crippen LogP contribution in [0.25, 0.3) is 0 Å². The molecule has 0 saturated heterocycles. The van der Waals surface area contributed by atoms with Crippen molar-refractivity contribution in [2.45, 2.75) is 18.2 Å². The summed E-state index contributed by atoms with van der Waals surface area (Å²) in [6.07, 6.45) is 0.871. The Balaban J connectivity index is 2.37. The summed E-state index contributed by atoms with van der Waals surface area (Å²) in [6.45, 7) is 2.66. The molecular formula is C10H12N2O3S. The number of hydrogen-bond donors (Lipinski definition) is 1. The van der Waals surface area contributed by atoms with Crippen molar-refractivity contribution in [2.75, 3.05) is 11.6 Å². The van der Waals surface area contributed by atoms with E-state index in [1.807, 2.05) is 6.92 Å². The van der Waals surface area contributed by atoms with Gasteiger partial charge >= 0.3 is 0 Å². The fourth-order valence-corrected chi connectivity index (χ4v) is 2.09. The second kappa shape index (κ2) is 3.88. The zero-order chi connectivity index (χ0) is 11.8. The van der Waals surface area contributed by atoms with Gasteiger partial charge < -0.3 is 0 Å². The largest absolute Gasteiger partial charge is 0.294 e. The first-order valence-electron chi connectivity index (χ1n) is 4.86. The van der Waals surface area contributed by atoms with E-state index in [9.17, 15) is 8.42 Å². The van der Waals surface area contributed by atoms with Crippen LogP contribution in [0.4, 0.5) is 5.69 Å². The van der Waals surface area contributed by atoms with Crippen molar-refractivity contribution in [3.8, 4) is 0 Å². The summed E-state index contributed by atoms with van der Waals surface area (Å²) in [7, 11) is -4.14. The van der Waals surface area contributed by atoms with Crippen molar-refractivity contribution in [1.29, 1.82) is 0 Å². The molecule has 0 bridgehead atoms. The minimum Gasteiger partial charge on any atom is -0.282 e. The number of anilines is 1. The van der Waals surface area contributed by atoms with Gasteiger partial charge in [0, 0.05) is 18.7 Å². The van der Waals surface area contributed by atoms with Crippen molar-refractivity contribution in [3.63, 3.8) is 0 Å². The second-order valence-corrected chi connectivity index (χ2v) is 5.10. The third-order valence-electron chi connectivity index (χ3n) is 2.39. The first-order chi connectivity index (χ1) is 7.47. The first kappa shape index (κ1) is 11.1. The van der Waals surface area contributed by atoms with Crippen LogP contribution in [0, 0.1) is 0 Å². The van der Waals surface area contributed by atoms with E-state index in [0.717, 1.165) is 18.7 Å². The molecule has 0 aliphatic carbocycles. The van der Waals surface area contributed by atoms with E-state index in [-0.39, 0.29) is 4.90 Å². The van der Waals surface area contributed by atoms with Crippen LogP contribution in [-0.2, 0) is 10.1 Å². The summed E-state index contributed by atoms with van der Waals surface area (Å²) < 4.78 is 30.9. The lowest BCUT2D eigenvalue weighted by Gasteiger charge is -2.13. The monoisotopic (exact) mass is 240 g/mol. The van der Waals surface area contributed by atoms with Crippen LogP contribution in [0.5, 0.6) is 0 Å². The molecular weight excluding hydrogens is 228 g/mol. The van der Waals surface area contributed by atoms with E-state index in [4.69, 9.17) is 4.55 Å². The summed E-state index contributed by atoms with van der Waals surface area (Å²) in [5, 5.41) is 5.98. The fourth-order valence-electron chi connectivity index (χ4n) is 1.57. The normalized spacial score (nSPS) is 16.4. The van der Waals surface area contributed by atoms with Crippen LogP contribution >= 0.6 is 0 Å². The molecule has 1 aliphatic rings. The van der Waals surface area contributed by atoms with E-state index in [1.54, 1.807) is 17.1 Å². The van der Waals surface area contributed by atoms with Gasteiger partial charge in [-0.1, -0.05) is 6.07 Å². The van der Waals surface area contributed by atoms with Crippen molar-refractivity contribution < 1.29 is 13.0 Å². The first-order valence-corrected chi connectivity index (χ1v) is 6.30. The topological polar surface area (TPSA) is 70.0 Å². The lowest BCUT2D eigenvalue weighted by atomic mass is 10.3. The van der Waals surface area contributed by atoms with Crippen molar-refractivity contribution >= 4 is 21.5 Å². The fraction of sp³-hybridized carbons (Fsp3) is 0.300. The molecule has 0 fully saturated rings. The highest BCUT2D eigenvalue weighted by atomic mass is 32.2. The quantitative estimate of drug-likeness (QED) is 0.796. The molecule has 1 N–H and O–H groups in total. The maximum absolute atomic E-state index is 11.0. The van der Waals surface area contributed by atoms with Crippen LogP contribution in [-0.4, -0.2) is 25.2 Å². The Morgan fingerprint density at radius 3 is 2.75 bits per heavy atom. The molecule has 16 heavy (non-hydrogen) atoms. The van der Waals surface area contributed by atoms with Gasteiger partial charge in [-0.2, -0.15) is 13.5 Å². The molecule has 0 radical (unpaired) electrons. The minimum atomic E-state index is -4.14. The number of hydrazone groups is 1. The van der Waals surface area contributed by atoms with Crippen molar-refractivity contribution in [1.82, 2.24) is 0 Å². The second-order valence-electron chi connectivity index (χ2n) is 3.68. The minimum absolute atomic E-state index is 0.107. The van der Waals surface area contributed by atoms with Gasteiger partial charge in [-0.15, -0.1) is 0 Å². The predicted molar refractivity (Wildman–Crippen MR) is 61.3 cm³/mol. The molecule has 1 aromatic carbocycles. The summed E-state index contributed by atoms with van der Waals surface area (Å²) in [4.78, 5) is -0.107. The molecule has 0 aromatic heterocycles. The van der Waals surface area contributed by atoms with Gasteiger partial charge in [0.25, 0.3) is 10.1 Å².